The third-order valence-electron chi connectivity index (χ3n) is 6.06. The second-order valence-corrected chi connectivity index (χ2v) is 9.16. The number of rotatable bonds is 5. The third kappa shape index (κ3) is 5.26. The van der Waals surface area contributed by atoms with Crippen molar-refractivity contribution < 1.29 is 22.8 Å². The minimum absolute atomic E-state index is 0.0500. The predicted molar refractivity (Wildman–Crippen MR) is 121 cm³/mol. The molecule has 1 atom stereocenters. The number of halogens is 3. The van der Waals surface area contributed by atoms with Gasteiger partial charge < -0.3 is 10.2 Å². The van der Waals surface area contributed by atoms with Gasteiger partial charge in [0.25, 0.3) is 0 Å². The number of piperazine rings is 1. The van der Waals surface area contributed by atoms with Crippen LogP contribution in [0.5, 0.6) is 0 Å². The summed E-state index contributed by atoms with van der Waals surface area (Å²) in [6.07, 6.45) is 4.44. The summed E-state index contributed by atoms with van der Waals surface area (Å²) in [5, 5.41) is 3.04. The lowest BCUT2D eigenvalue weighted by Crippen LogP contribution is -2.62. The lowest BCUT2D eigenvalue weighted by Gasteiger charge is -2.41. The Kier molecular flexibility index (Phi) is 6.83. The molecular formula is C23H25F3N4O2S. The number of anilines is 2. The molecule has 4 rings (SSSR count). The minimum atomic E-state index is -4.50. The van der Waals surface area contributed by atoms with Gasteiger partial charge in [-0.05, 0) is 43.4 Å². The van der Waals surface area contributed by atoms with Crippen molar-refractivity contribution in [2.75, 3.05) is 29.1 Å². The molecular weight excluding hydrogens is 453 g/mol. The Balaban J connectivity index is 1.66. The Morgan fingerprint density at radius 2 is 1.91 bits per heavy atom. The number of carbonyl (C=O) groups is 2. The quantitative estimate of drug-likeness (QED) is 0.656. The Hall–Kier alpha value is -2.75. The zero-order chi connectivity index (χ0) is 23.6. The number of aromatic nitrogens is 1. The van der Waals surface area contributed by atoms with Crippen LogP contribution in [0.1, 0.15) is 31.2 Å². The molecule has 0 spiro atoms. The molecule has 33 heavy (non-hydrogen) atoms. The third-order valence-corrected chi connectivity index (χ3v) is 6.75. The molecule has 2 fully saturated rings. The van der Waals surface area contributed by atoms with E-state index in [1.807, 2.05) is 6.26 Å². The second kappa shape index (κ2) is 9.62. The van der Waals surface area contributed by atoms with Gasteiger partial charge in [0, 0.05) is 29.4 Å². The molecule has 1 unspecified atom stereocenters. The van der Waals surface area contributed by atoms with Crippen LogP contribution in [0, 0.1) is 0 Å². The smallest absolute Gasteiger partial charge is 0.360 e. The number of amides is 2. The molecule has 1 aromatic carbocycles. The molecule has 1 aromatic heterocycles. The fourth-order valence-electron chi connectivity index (χ4n) is 4.39. The van der Waals surface area contributed by atoms with E-state index in [4.69, 9.17) is 0 Å². The number of pyridine rings is 1. The molecule has 0 bridgehead atoms. The predicted octanol–water partition coefficient (Wildman–Crippen LogP) is 4.10. The number of benzene rings is 1. The van der Waals surface area contributed by atoms with Crippen LogP contribution < -0.4 is 15.1 Å². The van der Waals surface area contributed by atoms with Crippen LogP contribution in [0.2, 0.25) is 0 Å². The Morgan fingerprint density at radius 1 is 1.15 bits per heavy atom. The van der Waals surface area contributed by atoms with Crippen LogP contribution >= 0.6 is 11.8 Å². The van der Waals surface area contributed by atoms with Crippen LogP contribution in [0.15, 0.2) is 47.6 Å². The molecule has 1 saturated carbocycles. The van der Waals surface area contributed by atoms with E-state index in [0.29, 0.717) is 5.69 Å². The number of hydrogen-bond donors (Lipinski definition) is 1. The molecule has 2 aliphatic rings. The fourth-order valence-corrected chi connectivity index (χ4v) is 4.79. The van der Waals surface area contributed by atoms with Crippen molar-refractivity contribution in [3.63, 3.8) is 0 Å². The molecule has 2 aromatic rings. The van der Waals surface area contributed by atoms with E-state index in [9.17, 15) is 22.8 Å². The minimum Gasteiger partial charge on any atom is -0.360 e. The highest BCUT2D eigenvalue weighted by molar-refractivity contribution is 7.98. The number of thioether (sulfide) groups is 1. The SMILES string of the molecule is CSc1cncc(N2C(=O)CN(c3cccc(C(F)(F)F)c3)CC2C(=O)NC2CCCC2)c1. The number of carbonyl (C=O) groups excluding carboxylic acids is 2. The first kappa shape index (κ1) is 23.4. The molecule has 1 aliphatic carbocycles. The normalized spacial score (nSPS) is 19.8. The van der Waals surface area contributed by atoms with E-state index < -0.39 is 17.8 Å². The van der Waals surface area contributed by atoms with Crippen molar-refractivity contribution >= 4 is 35.0 Å². The molecule has 10 heteroatoms. The summed E-state index contributed by atoms with van der Waals surface area (Å²) in [5.41, 5.74) is -0.0340. The number of alkyl halides is 3. The summed E-state index contributed by atoms with van der Waals surface area (Å²) in [4.78, 5) is 34.6. The van der Waals surface area contributed by atoms with E-state index in [1.165, 1.54) is 35.0 Å². The number of nitrogens with zero attached hydrogens (tertiary/aromatic N) is 3. The average molecular weight is 479 g/mol. The molecule has 0 radical (unpaired) electrons. The first-order valence-electron chi connectivity index (χ1n) is 10.8. The van der Waals surface area contributed by atoms with Gasteiger partial charge in [-0.25, -0.2) is 0 Å². The Bertz CT molecular complexity index is 1030. The highest BCUT2D eigenvalue weighted by Crippen LogP contribution is 2.33. The maximum atomic E-state index is 13.3. The van der Waals surface area contributed by atoms with Gasteiger partial charge in [0.2, 0.25) is 11.8 Å². The molecule has 2 heterocycles. The molecule has 6 nitrogen and oxygen atoms in total. The van der Waals surface area contributed by atoms with E-state index >= 15 is 0 Å². The van der Waals surface area contributed by atoms with Crippen molar-refractivity contribution in [3.05, 3.63) is 48.3 Å². The van der Waals surface area contributed by atoms with E-state index in [2.05, 4.69) is 10.3 Å². The highest BCUT2D eigenvalue weighted by Gasteiger charge is 2.40. The van der Waals surface area contributed by atoms with Crippen molar-refractivity contribution in [3.8, 4) is 0 Å². The molecule has 1 N–H and O–H groups in total. The zero-order valence-corrected chi connectivity index (χ0v) is 19.0. The van der Waals surface area contributed by atoms with Gasteiger partial charge in [0.1, 0.15) is 6.04 Å². The average Bonchev–Trinajstić information content (AvgIpc) is 3.31. The first-order valence-corrected chi connectivity index (χ1v) is 12.0. The monoisotopic (exact) mass is 478 g/mol. The highest BCUT2D eigenvalue weighted by atomic mass is 32.2. The van der Waals surface area contributed by atoms with E-state index in [0.717, 1.165) is 42.7 Å². The standard InChI is InChI=1S/C23H25F3N4O2S/c1-33-19-10-18(11-27-12-19)30-20(22(32)28-16-6-2-3-7-16)13-29(14-21(30)31)17-8-4-5-15(9-17)23(24,25)26/h4-5,8-12,16,20H,2-3,6-7,13-14H2,1H3,(H,28,32). The summed E-state index contributed by atoms with van der Waals surface area (Å²) < 4.78 is 39.7. The van der Waals surface area contributed by atoms with E-state index in [-0.39, 0.29) is 36.6 Å². The maximum Gasteiger partial charge on any atom is 0.416 e. The van der Waals surface area contributed by atoms with Crippen LogP contribution in [-0.2, 0) is 15.8 Å². The zero-order valence-electron chi connectivity index (χ0n) is 18.1. The van der Waals surface area contributed by atoms with Crippen molar-refractivity contribution in [2.45, 2.75) is 48.8 Å². The maximum absolute atomic E-state index is 13.3. The number of nitrogens with one attached hydrogen (secondary N) is 1. The second-order valence-electron chi connectivity index (χ2n) is 8.28. The summed E-state index contributed by atoms with van der Waals surface area (Å²) in [5.74, 6) is -0.674. The van der Waals surface area contributed by atoms with Gasteiger partial charge in [0.05, 0.1) is 24.0 Å². The Labute approximate surface area is 194 Å². The Morgan fingerprint density at radius 3 is 2.61 bits per heavy atom. The van der Waals surface area contributed by atoms with E-state index in [1.54, 1.807) is 17.2 Å². The van der Waals surface area contributed by atoms with Crippen LogP contribution in [0.4, 0.5) is 24.5 Å². The number of hydrogen-bond acceptors (Lipinski definition) is 5. The topological polar surface area (TPSA) is 65.5 Å². The van der Waals surface area contributed by atoms with Gasteiger partial charge in [-0.15, -0.1) is 11.8 Å². The lowest BCUT2D eigenvalue weighted by molar-refractivity contribution is -0.137. The summed E-state index contributed by atoms with van der Waals surface area (Å²) in [6.45, 7) is -0.0624. The molecule has 1 saturated heterocycles. The van der Waals surface area contributed by atoms with Gasteiger partial charge in [-0.1, -0.05) is 18.9 Å². The van der Waals surface area contributed by atoms with Crippen molar-refractivity contribution in [1.82, 2.24) is 10.3 Å². The van der Waals surface area contributed by atoms with Gasteiger partial charge in [0.15, 0.2) is 0 Å². The van der Waals surface area contributed by atoms with Crippen molar-refractivity contribution in [2.24, 2.45) is 0 Å². The van der Waals surface area contributed by atoms with Gasteiger partial charge in [-0.3, -0.25) is 19.5 Å². The van der Waals surface area contributed by atoms with Crippen LogP contribution in [-0.4, -0.2) is 48.2 Å². The molecule has 2 amide bonds. The molecule has 176 valence electrons. The lowest BCUT2D eigenvalue weighted by atomic mass is 10.1. The summed E-state index contributed by atoms with van der Waals surface area (Å²) in [6, 6.07) is 5.81. The van der Waals surface area contributed by atoms with Crippen molar-refractivity contribution in [1.29, 1.82) is 0 Å². The fraction of sp³-hybridized carbons (Fsp3) is 0.435. The first-order chi connectivity index (χ1) is 15.8. The molecule has 1 aliphatic heterocycles. The largest absolute Gasteiger partial charge is 0.416 e. The van der Waals surface area contributed by atoms with Crippen LogP contribution in [0.25, 0.3) is 0 Å². The summed E-state index contributed by atoms with van der Waals surface area (Å²) >= 11 is 1.47. The van der Waals surface area contributed by atoms with Gasteiger partial charge in [-0.2, -0.15) is 13.2 Å². The van der Waals surface area contributed by atoms with Gasteiger partial charge >= 0.3 is 6.18 Å². The van der Waals surface area contributed by atoms with Crippen LogP contribution in [0.3, 0.4) is 0 Å². The summed E-state index contributed by atoms with van der Waals surface area (Å²) in [7, 11) is 0.